The van der Waals surface area contributed by atoms with Crippen molar-refractivity contribution < 1.29 is 12.3 Å². The van der Waals surface area contributed by atoms with E-state index in [0.29, 0.717) is 19.1 Å². The lowest BCUT2D eigenvalue weighted by Gasteiger charge is -2.31. The molecule has 0 amide bonds. The molecule has 0 aromatic carbocycles. The van der Waals surface area contributed by atoms with E-state index in [2.05, 4.69) is 11.4 Å². The lowest BCUT2D eigenvalue weighted by atomic mass is 10.1. The third-order valence-electron chi connectivity index (χ3n) is 2.65. The van der Waals surface area contributed by atoms with Crippen LogP contribution in [0, 0.1) is 0 Å². The number of allylic oxidation sites excluding steroid dienone is 1. The Bertz CT molecular complexity index is 358. The Kier molecular flexibility index (Phi) is 5.51. The summed E-state index contributed by atoms with van der Waals surface area (Å²) < 4.78 is 33.1. The Morgan fingerprint density at radius 2 is 2.00 bits per heavy atom. The van der Waals surface area contributed by atoms with Crippen molar-refractivity contribution in [1.29, 1.82) is 0 Å². The van der Waals surface area contributed by atoms with Gasteiger partial charge in [0.1, 0.15) is 0 Å². The minimum absolute atomic E-state index is 0.367. The molecule has 0 bridgehead atoms. The highest BCUT2D eigenvalue weighted by Crippen LogP contribution is 2.09. The average molecular weight is 265 g/mol. The van der Waals surface area contributed by atoms with Crippen LogP contribution < -0.4 is 10.1 Å². The number of hydrogen-bond donors (Lipinski definition) is 2. The Morgan fingerprint density at radius 3 is 2.47 bits per heavy atom. The van der Waals surface area contributed by atoms with E-state index in [0.717, 1.165) is 19.4 Å². The molecular formula is C10H20FN3O2S. The van der Waals surface area contributed by atoms with E-state index in [9.17, 15) is 12.3 Å². The molecule has 0 unspecified atom stereocenters. The molecule has 0 radical (unpaired) electrons. The number of hydrazine groups is 1. The zero-order valence-electron chi connectivity index (χ0n) is 10.2. The maximum absolute atomic E-state index is 12.4. The molecule has 1 aliphatic rings. The lowest BCUT2D eigenvalue weighted by molar-refractivity contribution is 0.172. The quantitative estimate of drug-likeness (QED) is 0.568. The van der Waals surface area contributed by atoms with Gasteiger partial charge in [-0.3, -0.25) is 0 Å². The van der Waals surface area contributed by atoms with Crippen LogP contribution in [-0.4, -0.2) is 39.1 Å². The summed E-state index contributed by atoms with van der Waals surface area (Å²) >= 11 is 0. The second-order valence-electron chi connectivity index (χ2n) is 4.48. The fourth-order valence-corrected chi connectivity index (χ4v) is 2.25. The van der Waals surface area contributed by atoms with E-state index >= 15 is 0 Å². The van der Waals surface area contributed by atoms with E-state index in [1.54, 1.807) is 0 Å². The number of rotatable bonds is 5. The molecule has 100 valence electrons. The fraction of sp³-hybridized carbons (Fsp3) is 0.800. The van der Waals surface area contributed by atoms with Crippen LogP contribution in [0.15, 0.2) is 11.6 Å². The molecule has 1 heterocycles. The lowest BCUT2D eigenvalue weighted by Crippen LogP contribution is -2.49. The third-order valence-corrected chi connectivity index (χ3v) is 3.13. The van der Waals surface area contributed by atoms with Crippen LogP contribution in [0.4, 0.5) is 3.89 Å². The Balaban J connectivity index is 2.24. The van der Waals surface area contributed by atoms with Gasteiger partial charge in [-0.2, -0.15) is 8.42 Å². The number of nitrogens with zero attached hydrogens (tertiary/aromatic N) is 1. The first-order valence-electron chi connectivity index (χ1n) is 5.70. The smallest absolute Gasteiger partial charge is 0.310 e. The summed E-state index contributed by atoms with van der Waals surface area (Å²) in [7, 11) is -4.62. The van der Waals surface area contributed by atoms with E-state index in [1.165, 1.54) is 10.6 Å². The second-order valence-corrected chi connectivity index (χ2v) is 5.54. The van der Waals surface area contributed by atoms with Gasteiger partial charge in [0.15, 0.2) is 0 Å². The highest BCUT2D eigenvalue weighted by molar-refractivity contribution is 7.84. The Hall–Kier alpha value is -0.500. The molecule has 1 rings (SSSR count). The monoisotopic (exact) mass is 265 g/mol. The highest BCUT2D eigenvalue weighted by atomic mass is 32.3. The number of nitrogens with one attached hydrogen (secondary N) is 2. The van der Waals surface area contributed by atoms with Gasteiger partial charge in [0.2, 0.25) is 0 Å². The largest absolute Gasteiger partial charge is 0.385 e. The van der Waals surface area contributed by atoms with E-state index in [-0.39, 0.29) is 0 Å². The molecule has 0 spiro atoms. The van der Waals surface area contributed by atoms with Gasteiger partial charge in [-0.25, -0.2) is 5.01 Å². The maximum Gasteiger partial charge on any atom is 0.385 e. The van der Waals surface area contributed by atoms with Crippen molar-refractivity contribution in [2.45, 2.75) is 32.7 Å². The van der Waals surface area contributed by atoms with Crippen molar-refractivity contribution >= 4 is 10.4 Å². The summed E-state index contributed by atoms with van der Waals surface area (Å²) in [5.74, 6) is 0. The van der Waals surface area contributed by atoms with Gasteiger partial charge < -0.3 is 5.32 Å². The van der Waals surface area contributed by atoms with Gasteiger partial charge in [0.25, 0.3) is 0 Å². The van der Waals surface area contributed by atoms with Gasteiger partial charge in [0, 0.05) is 25.7 Å². The van der Waals surface area contributed by atoms with Gasteiger partial charge in [-0.1, -0.05) is 15.5 Å². The van der Waals surface area contributed by atoms with Crippen LogP contribution in [-0.2, 0) is 10.4 Å². The van der Waals surface area contributed by atoms with Crippen LogP contribution in [0.1, 0.15) is 26.7 Å². The van der Waals surface area contributed by atoms with Gasteiger partial charge in [-0.15, -0.1) is 4.83 Å². The molecule has 1 fully saturated rings. The fourth-order valence-electron chi connectivity index (χ4n) is 1.76. The minimum Gasteiger partial charge on any atom is -0.310 e. The van der Waals surface area contributed by atoms with Crippen molar-refractivity contribution in [1.82, 2.24) is 15.2 Å². The molecule has 5 nitrogen and oxygen atoms in total. The summed E-state index contributed by atoms with van der Waals surface area (Å²) in [5.41, 5.74) is 1.26. The van der Waals surface area contributed by atoms with Gasteiger partial charge >= 0.3 is 10.4 Å². The Labute approximate surface area is 102 Å². The van der Waals surface area contributed by atoms with E-state index in [4.69, 9.17) is 0 Å². The first kappa shape index (κ1) is 14.6. The SMILES string of the molecule is CC(C)=CCNC1CCN(NS(=O)(=O)F)CC1. The molecule has 1 saturated heterocycles. The number of halogens is 1. The van der Waals surface area contributed by atoms with Gasteiger partial charge in [0.05, 0.1) is 0 Å². The van der Waals surface area contributed by atoms with Gasteiger partial charge in [-0.05, 0) is 26.7 Å². The molecule has 2 N–H and O–H groups in total. The van der Waals surface area contributed by atoms with Crippen molar-refractivity contribution in [2.24, 2.45) is 0 Å². The summed E-state index contributed by atoms with van der Waals surface area (Å²) in [5, 5.41) is 4.76. The van der Waals surface area contributed by atoms with Crippen LogP contribution in [0.5, 0.6) is 0 Å². The average Bonchev–Trinajstić information content (AvgIpc) is 2.18. The molecular weight excluding hydrogens is 245 g/mol. The molecule has 0 aromatic heterocycles. The minimum atomic E-state index is -4.62. The molecule has 0 saturated carbocycles. The second kappa shape index (κ2) is 6.44. The summed E-state index contributed by atoms with van der Waals surface area (Å²) in [6.07, 6.45) is 3.72. The topological polar surface area (TPSA) is 61.4 Å². The maximum atomic E-state index is 12.4. The van der Waals surface area contributed by atoms with Crippen LogP contribution in [0.3, 0.4) is 0 Å². The molecule has 0 atom stereocenters. The molecule has 0 aromatic rings. The predicted octanol–water partition coefficient (Wildman–Crippen LogP) is 0.725. The number of hydrogen-bond acceptors (Lipinski definition) is 4. The van der Waals surface area contributed by atoms with Crippen LogP contribution in [0.2, 0.25) is 0 Å². The third kappa shape index (κ3) is 6.72. The van der Waals surface area contributed by atoms with Crippen LogP contribution in [0.25, 0.3) is 0 Å². The highest BCUT2D eigenvalue weighted by Gasteiger charge is 2.21. The first-order chi connectivity index (χ1) is 7.87. The van der Waals surface area contributed by atoms with E-state index < -0.39 is 10.4 Å². The summed E-state index contributed by atoms with van der Waals surface area (Å²) in [6, 6.07) is 0.367. The normalized spacial score (nSPS) is 19.2. The van der Waals surface area contributed by atoms with Crippen molar-refractivity contribution in [3.05, 3.63) is 11.6 Å². The summed E-state index contributed by atoms with van der Waals surface area (Å²) in [6.45, 7) is 5.95. The molecule has 1 aliphatic heterocycles. The zero-order valence-corrected chi connectivity index (χ0v) is 11.1. The first-order valence-corrected chi connectivity index (χ1v) is 7.09. The van der Waals surface area contributed by atoms with Crippen molar-refractivity contribution in [2.75, 3.05) is 19.6 Å². The predicted molar refractivity (Wildman–Crippen MR) is 65.2 cm³/mol. The Morgan fingerprint density at radius 1 is 1.41 bits per heavy atom. The molecule has 0 aliphatic carbocycles. The van der Waals surface area contributed by atoms with E-state index in [1.807, 2.05) is 18.7 Å². The standard InChI is InChI=1S/C10H20FN3O2S/c1-9(2)3-6-12-10-4-7-14(8-5-10)13-17(11,15)16/h3,10,12-13H,4-8H2,1-2H3. The number of piperidine rings is 1. The zero-order chi connectivity index (χ0) is 12.9. The molecule has 7 heteroatoms. The van der Waals surface area contributed by atoms with Crippen molar-refractivity contribution in [3.8, 4) is 0 Å². The summed E-state index contributed by atoms with van der Waals surface area (Å²) in [4.78, 5) is 1.85. The molecule has 17 heavy (non-hydrogen) atoms. The van der Waals surface area contributed by atoms with Crippen molar-refractivity contribution in [3.63, 3.8) is 0 Å². The van der Waals surface area contributed by atoms with Crippen LogP contribution >= 0.6 is 0 Å².